The molecule has 0 unspecified atom stereocenters. The van der Waals surface area contributed by atoms with E-state index in [1.807, 2.05) is 13.8 Å². The molecule has 0 saturated carbocycles. The molecular weight excluding hydrogens is 238 g/mol. The Balaban J connectivity index is 1.73. The minimum Gasteiger partial charge on any atom is -0.374 e. The van der Waals surface area contributed by atoms with Crippen molar-refractivity contribution in [2.24, 2.45) is 5.92 Å². The van der Waals surface area contributed by atoms with Crippen molar-refractivity contribution in [3.8, 4) is 0 Å². The second-order valence-corrected chi connectivity index (χ2v) is 5.37. The van der Waals surface area contributed by atoms with Crippen molar-refractivity contribution < 1.29 is 9.53 Å². The number of carbonyl (C=O) groups excluding carboxylic acids is 1. The Labute approximate surface area is 107 Å². The highest BCUT2D eigenvalue weighted by Gasteiger charge is 2.44. The first-order chi connectivity index (χ1) is 8.06. The maximum absolute atomic E-state index is 11.9. The van der Waals surface area contributed by atoms with E-state index in [9.17, 15) is 4.79 Å². The van der Waals surface area contributed by atoms with Crippen LogP contribution in [0.15, 0.2) is 0 Å². The van der Waals surface area contributed by atoms with E-state index in [1.54, 1.807) is 0 Å². The number of carbonyl (C=O) groups is 1. The number of fused-ring (bicyclic) bond motifs is 2. The van der Waals surface area contributed by atoms with Crippen molar-refractivity contribution in [3.05, 3.63) is 0 Å². The third-order valence-electron chi connectivity index (χ3n) is 3.16. The summed E-state index contributed by atoms with van der Waals surface area (Å²) in [5.41, 5.74) is 5.36. The van der Waals surface area contributed by atoms with Crippen molar-refractivity contribution in [2.45, 2.75) is 51.4 Å². The van der Waals surface area contributed by atoms with E-state index >= 15 is 0 Å². The van der Waals surface area contributed by atoms with Gasteiger partial charge in [0.15, 0.2) is 5.11 Å². The molecule has 17 heavy (non-hydrogen) atoms. The molecule has 3 N–H and O–H groups in total. The lowest BCUT2D eigenvalue weighted by molar-refractivity contribution is -0.127. The average Bonchev–Trinajstić information content (AvgIpc) is 2.86. The van der Waals surface area contributed by atoms with Crippen LogP contribution in [0.3, 0.4) is 0 Å². The molecule has 1 amide bonds. The summed E-state index contributed by atoms with van der Waals surface area (Å²) >= 11 is 5.02. The lowest BCUT2D eigenvalue weighted by atomic mass is 9.89. The Morgan fingerprint density at radius 2 is 2.12 bits per heavy atom. The number of hydrogen-bond acceptors (Lipinski definition) is 3. The molecule has 2 heterocycles. The van der Waals surface area contributed by atoms with E-state index in [2.05, 4.69) is 16.2 Å². The zero-order valence-corrected chi connectivity index (χ0v) is 11.0. The summed E-state index contributed by atoms with van der Waals surface area (Å²) in [6.45, 7) is 3.97. The quantitative estimate of drug-likeness (QED) is 0.495. The van der Waals surface area contributed by atoms with Crippen LogP contribution in [0.2, 0.25) is 0 Å². The highest BCUT2D eigenvalue weighted by molar-refractivity contribution is 7.80. The van der Waals surface area contributed by atoms with Crippen molar-refractivity contribution in [2.75, 3.05) is 0 Å². The van der Waals surface area contributed by atoms with Gasteiger partial charge in [-0.05, 0) is 45.3 Å². The molecule has 2 aliphatic heterocycles. The van der Waals surface area contributed by atoms with Crippen molar-refractivity contribution in [1.29, 1.82) is 0 Å². The van der Waals surface area contributed by atoms with E-state index in [0.717, 1.165) is 19.3 Å². The number of nitrogens with one attached hydrogen (secondary N) is 3. The Hall–Kier alpha value is -0.880. The lowest BCUT2D eigenvalue weighted by Gasteiger charge is -2.19. The number of thiocarbonyl (C=S) groups is 1. The van der Waals surface area contributed by atoms with Crippen LogP contribution >= 0.6 is 12.2 Å². The van der Waals surface area contributed by atoms with Crippen LogP contribution in [0.5, 0.6) is 0 Å². The van der Waals surface area contributed by atoms with Crippen molar-refractivity contribution in [1.82, 2.24) is 16.2 Å². The molecule has 2 fully saturated rings. The molecule has 0 aromatic rings. The minimum atomic E-state index is -0.0249. The maximum atomic E-state index is 11.9. The molecule has 2 saturated heterocycles. The molecule has 2 aliphatic rings. The van der Waals surface area contributed by atoms with Crippen LogP contribution in [0.25, 0.3) is 0 Å². The summed E-state index contributed by atoms with van der Waals surface area (Å²) in [5.74, 6) is -0.0480. The van der Waals surface area contributed by atoms with Gasteiger partial charge in [0.25, 0.3) is 0 Å². The third-order valence-corrected chi connectivity index (χ3v) is 3.38. The first-order valence-corrected chi connectivity index (χ1v) is 6.49. The fourth-order valence-electron chi connectivity index (χ4n) is 2.42. The van der Waals surface area contributed by atoms with Gasteiger partial charge in [0.05, 0.1) is 18.1 Å². The van der Waals surface area contributed by atoms with E-state index in [0.29, 0.717) is 5.11 Å². The third kappa shape index (κ3) is 3.07. The molecule has 3 atom stereocenters. The molecule has 0 aliphatic carbocycles. The number of amides is 1. The van der Waals surface area contributed by atoms with E-state index in [4.69, 9.17) is 17.0 Å². The monoisotopic (exact) mass is 257 g/mol. The molecule has 2 rings (SSSR count). The molecule has 0 spiro atoms. The van der Waals surface area contributed by atoms with Gasteiger partial charge in [0.2, 0.25) is 5.91 Å². The second-order valence-electron chi connectivity index (χ2n) is 4.96. The highest BCUT2D eigenvalue weighted by atomic mass is 32.1. The molecular formula is C11H19N3O2S. The zero-order valence-electron chi connectivity index (χ0n) is 10.2. The van der Waals surface area contributed by atoms with Gasteiger partial charge in [0, 0.05) is 6.04 Å². The van der Waals surface area contributed by atoms with Gasteiger partial charge >= 0.3 is 0 Å². The Kier molecular flexibility index (Phi) is 3.83. The van der Waals surface area contributed by atoms with E-state index in [1.165, 1.54) is 0 Å². The standard InChI is InChI=1S/C11H19N3O2S/c1-6(2)12-11(17)14-13-10(15)8-5-7-3-4-9(8)16-7/h6-9H,3-5H2,1-2H3,(H,13,15)(H2,12,14,17)/t7-,8-,9-/m0/s1. The summed E-state index contributed by atoms with van der Waals surface area (Å²) in [7, 11) is 0. The Morgan fingerprint density at radius 3 is 2.65 bits per heavy atom. The van der Waals surface area contributed by atoms with Gasteiger partial charge in [-0.1, -0.05) is 0 Å². The van der Waals surface area contributed by atoms with Crippen LogP contribution in [-0.2, 0) is 9.53 Å². The predicted octanol–water partition coefficient (Wildman–Crippen LogP) is 0.458. The number of hydrogen-bond donors (Lipinski definition) is 3. The van der Waals surface area contributed by atoms with Gasteiger partial charge in [-0.25, -0.2) is 0 Å². The van der Waals surface area contributed by atoms with Crippen LogP contribution in [-0.4, -0.2) is 29.3 Å². The molecule has 0 aromatic carbocycles. The Bertz CT molecular complexity index is 322. The van der Waals surface area contributed by atoms with Crippen molar-refractivity contribution in [3.63, 3.8) is 0 Å². The second kappa shape index (κ2) is 5.18. The molecule has 5 nitrogen and oxygen atoms in total. The average molecular weight is 257 g/mol. The van der Waals surface area contributed by atoms with Crippen molar-refractivity contribution >= 4 is 23.2 Å². The van der Waals surface area contributed by atoms with Crippen LogP contribution in [0.1, 0.15) is 33.1 Å². The fraction of sp³-hybridized carbons (Fsp3) is 0.818. The van der Waals surface area contributed by atoms with Gasteiger partial charge < -0.3 is 10.1 Å². The van der Waals surface area contributed by atoms with Gasteiger partial charge in [-0.15, -0.1) is 0 Å². The largest absolute Gasteiger partial charge is 0.374 e. The summed E-state index contributed by atoms with van der Waals surface area (Å²) in [5, 5.41) is 3.44. The molecule has 2 bridgehead atoms. The van der Waals surface area contributed by atoms with Crippen LogP contribution in [0, 0.1) is 5.92 Å². The maximum Gasteiger partial charge on any atom is 0.244 e. The molecule has 0 radical (unpaired) electrons. The number of hydrazine groups is 1. The first-order valence-electron chi connectivity index (χ1n) is 6.08. The molecule has 6 heteroatoms. The smallest absolute Gasteiger partial charge is 0.244 e. The van der Waals surface area contributed by atoms with E-state index < -0.39 is 0 Å². The lowest BCUT2D eigenvalue weighted by Crippen LogP contribution is -2.51. The molecule has 0 aromatic heterocycles. The first kappa shape index (κ1) is 12.6. The summed E-state index contributed by atoms with van der Waals surface area (Å²) in [6.07, 6.45) is 3.32. The van der Waals surface area contributed by atoms with Gasteiger partial charge in [-0.3, -0.25) is 15.6 Å². The Morgan fingerprint density at radius 1 is 1.35 bits per heavy atom. The van der Waals surface area contributed by atoms with Crippen LogP contribution in [0.4, 0.5) is 0 Å². The fourth-order valence-corrected chi connectivity index (χ4v) is 2.71. The zero-order chi connectivity index (χ0) is 12.4. The summed E-state index contributed by atoms with van der Waals surface area (Å²) < 4.78 is 5.64. The molecule has 96 valence electrons. The highest BCUT2D eigenvalue weighted by Crippen LogP contribution is 2.38. The summed E-state index contributed by atoms with van der Waals surface area (Å²) in [6, 6.07) is 0.248. The van der Waals surface area contributed by atoms with Gasteiger partial charge in [-0.2, -0.15) is 0 Å². The van der Waals surface area contributed by atoms with Gasteiger partial charge in [0.1, 0.15) is 0 Å². The minimum absolute atomic E-state index is 0.0230. The number of ether oxygens (including phenoxy) is 1. The predicted molar refractivity (Wildman–Crippen MR) is 68.2 cm³/mol. The van der Waals surface area contributed by atoms with E-state index in [-0.39, 0.29) is 30.1 Å². The summed E-state index contributed by atoms with van der Waals surface area (Å²) in [4.78, 5) is 11.9. The van der Waals surface area contributed by atoms with Crippen LogP contribution < -0.4 is 16.2 Å². The topological polar surface area (TPSA) is 62.4 Å². The SMILES string of the molecule is CC(C)NC(=S)NNC(=O)[C@H]1C[C@@H]2CC[C@@H]1O2. The number of rotatable bonds is 2. The normalized spacial score (nSPS) is 30.4.